The Balaban J connectivity index is 2.88. The van der Waals surface area contributed by atoms with Gasteiger partial charge >= 0.3 is 19.7 Å². The van der Waals surface area contributed by atoms with E-state index in [1.165, 1.54) is 13.8 Å². The van der Waals surface area contributed by atoms with Crippen molar-refractivity contribution >= 4 is 58.8 Å². The minimum absolute atomic E-state index is 0.0919. The molecule has 0 saturated carbocycles. The summed E-state index contributed by atoms with van der Waals surface area (Å²) in [6.07, 6.45) is -2.50. The van der Waals surface area contributed by atoms with Crippen LogP contribution in [0.25, 0.3) is 0 Å². The summed E-state index contributed by atoms with van der Waals surface area (Å²) in [6, 6.07) is 0. The average molecular weight is 515 g/mol. The third-order valence-corrected chi connectivity index (χ3v) is 6.27. The predicted molar refractivity (Wildman–Crippen MR) is 102 cm³/mol. The number of esters is 2. The van der Waals surface area contributed by atoms with Gasteiger partial charge in [0.05, 0.1) is 4.83 Å². The first kappa shape index (κ1) is 25.1. The quantitative estimate of drug-likeness (QED) is 0.266. The highest BCUT2D eigenvalue weighted by molar-refractivity contribution is 9.09. The number of carbonyl (C=O) groups is 2. The van der Waals surface area contributed by atoms with Gasteiger partial charge in [-0.15, -0.1) is 23.2 Å². The fourth-order valence-corrected chi connectivity index (χ4v) is 5.08. The monoisotopic (exact) mass is 513 g/mol. The van der Waals surface area contributed by atoms with E-state index in [9.17, 15) is 19.0 Å². The Hall–Kier alpha value is 0.0700. The van der Waals surface area contributed by atoms with Gasteiger partial charge in [0.15, 0.2) is 6.29 Å². The predicted octanol–water partition coefficient (Wildman–Crippen LogP) is 2.26. The molecule has 1 N–H and O–H groups in total. The number of hydrogen-bond donors (Lipinski definition) is 1. The van der Waals surface area contributed by atoms with Crippen molar-refractivity contribution in [1.29, 1.82) is 0 Å². The van der Waals surface area contributed by atoms with E-state index in [0.29, 0.717) is 0 Å². The molecule has 5 atom stereocenters. The topological polar surface area (TPSA) is 112 Å². The summed E-state index contributed by atoms with van der Waals surface area (Å²) < 4.78 is 34.8. The van der Waals surface area contributed by atoms with Crippen LogP contribution in [0, 0.1) is 0 Å². The molecule has 1 aliphatic heterocycles. The summed E-state index contributed by atoms with van der Waals surface area (Å²) in [7, 11) is -4.26. The van der Waals surface area contributed by atoms with Crippen molar-refractivity contribution < 1.29 is 37.8 Å². The molecule has 13 heteroatoms. The molecule has 0 radical (unpaired) electrons. The van der Waals surface area contributed by atoms with Crippen molar-refractivity contribution in [1.82, 2.24) is 4.67 Å². The zero-order valence-corrected chi connectivity index (χ0v) is 18.9. The summed E-state index contributed by atoms with van der Waals surface area (Å²) in [6.45, 7) is 2.45. The maximum Gasteiger partial charge on any atom is 0.408 e. The molecule has 0 spiro atoms. The molecule has 1 rings (SSSR count). The maximum absolute atomic E-state index is 12.6. The van der Waals surface area contributed by atoms with Gasteiger partial charge in [0.25, 0.3) is 0 Å². The van der Waals surface area contributed by atoms with Crippen LogP contribution >= 0.6 is 46.9 Å². The Morgan fingerprint density at radius 2 is 1.85 bits per heavy atom. The van der Waals surface area contributed by atoms with Crippen molar-refractivity contribution in [2.45, 2.75) is 43.6 Å². The second kappa shape index (κ2) is 11.9. The molecule has 27 heavy (non-hydrogen) atoms. The van der Waals surface area contributed by atoms with E-state index in [1.807, 2.05) is 0 Å². The summed E-state index contributed by atoms with van der Waals surface area (Å²) in [5.41, 5.74) is 0. The molecule has 1 unspecified atom stereocenters. The summed E-state index contributed by atoms with van der Waals surface area (Å²) in [5.74, 6) is -0.851. The summed E-state index contributed by atoms with van der Waals surface area (Å²) in [5, 5.41) is 0. The van der Waals surface area contributed by atoms with Crippen LogP contribution in [0.1, 0.15) is 20.3 Å². The second-order valence-corrected chi connectivity index (χ2v) is 9.36. The normalized spacial score (nSPS) is 27.8. The minimum Gasteiger partial charge on any atom is -0.463 e. The molecule has 1 saturated heterocycles. The van der Waals surface area contributed by atoms with E-state index < -0.39 is 43.0 Å². The van der Waals surface area contributed by atoms with Crippen LogP contribution < -0.4 is 0 Å². The third kappa shape index (κ3) is 8.53. The fourth-order valence-electron chi connectivity index (χ4n) is 2.37. The first-order valence-electron chi connectivity index (χ1n) is 8.09. The Morgan fingerprint density at radius 3 is 2.33 bits per heavy atom. The molecule has 1 aliphatic rings. The van der Waals surface area contributed by atoms with Crippen LogP contribution in [0.4, 0.5) is 0 Å². The Bertz CT molecular complexity index is 551. The maximum atomic E-state index is 12.6. The standard InChI is InChI=1S/C14H23BrCl2NO8P/c1-9(19)23-8-13-12(24-10(2)20)7-11(15)14(25-13)26-27(21,22)18(5-3-16)6-4-17/h11-14H,3-8H2,1-2H3,(H,21,22)/t11-,12+,13-,14-/m1/s1. The largest absolute Gasteiger partial charge is 0.463 e. The second-order valence-electron chi connectivity index (χ2n) is 5.67. The first-order valence-corrected chi connectivity index (χ1v) is 11.6. The third-order valence-electron chi connectivity index (χ3n) is 3.53. The molecular formula is C14H23BrCl2NO8P. The van der Waals surface area contributed by atoms with Crippen molar-refractivity contribution in [2.24, 2.45) is 0 Å². The molecule has 158 valence electrons. The molecule has 0 amide bonds. The van der Waals surface area contributed by atoms with Crippen LogP contribution in [-0.4, -0.2) is 76.3 Å². The molecule has 1 fully saturated rings. The lowest BCUT2D eigenvalue weighted by molar-refractivity contribution is -0.212. The Kier molecular flexibility index (Phi) is 11.1. The highest BCUT2D eigenvalue weighted by Gasteiger charge is 2.44. The van der Waals surface area contributed by atoms with Gasteiger partial charge in [-0.05, 0) is 0 Å². The van der Waals surface area contributed by atoms with Gasteiger partial charge in [-0.2, -0.15) is 0 Å². The van der Waals surface area contributed by atoms with E-state index in [2.05, 4.69) is 15.9 Å². The number of hydrogen-bond acceptors (Lipinski definition) is 7. The molecule has 0 aromatic rings. The number of ether oxygens (including phenoxy) is 3. The van der Waals surface area contributed by atoms with Crippen LogP contribution in [0.5, 0.6) is 0 Å². The van der Waals surface area contributed by atoms with Gasteiger partial charge in [0, 0.05) is 45.1 Å². The van der Waals surface area contributed by atoms with E-state index in [-0.39, 0.29) is 37.9 Å². The molecule has 0 aromatic heterocycles. The van der Waals surface area contributed by atoms with Crippen LogP contribution in [-0.2, 0) is 32.9 Å². The molecule has 1 heterocycles. The lowest BCUT2D eigenvalue weighted by Gasteiger charge is -2.39. The van der Waals surface area contributed by atoms with Crippen LogP contribution in [0.3, 0.4) is 0 Å². The Morgan fingerprint density at radius 1 is 1.26 bits per heavy atom. The number of rotatable bonds is 10. The number of nitrogens with zero attached hydrogens (tertiary/aromatic N) is 1. The first-order chi connectivity index (χ1) is 12.6. The van der Waals surface area contributed by atoms with Gasteiger partial charge < -0.3 is 19.1 Å². The number of carbonyl (C=O) groups excluding carboxylic acids is 2. The smallest absolute Gasteiger partial charge is 0.408 e. The van der Waals surface area contributed by atoms with Crippen LogP contribution in [0.15, 0.2) is 0 Å². The Labute approximate surface area is 176 Å². The SMILES string of the molecule is CC(=O)OC[C@H]1O[C@H](OP(=O)(O)N(CCCl)CCCl)[C@H](Br)C[C@@H]1OC(C)=O. The van der Waals surface area contributed by atoms with Crippen molar-refractivity contribution in [3.05, 3.63) is 0 Å². The highest BCUT2D eigenvalue weighted by Crippen LogP contribution is 2.49. The lowest BCUT2D eigenvalue weighted by Crippen LogP contribution is -2.50. The van der Waals surface area contributed by atoms with Gasteiger partial charge in [-0.3, -0.25) is 14.1 Å². The highest BCUT2D eigenvalue weighted by atomic mass is 79.9. The van der Waals surface area contributed by atoms with Gasteiger partial charge in [0.1, 0.15) is 18.8 Å². The molecule has 9 nitrogen and oxygen atoms in total. The molecule has 0 bridgehead atoms. The zero-order valence-electron chi connectivity index (χ0n) is 14.9. The fraction of sp³-hybridized carbons (Fsp3) is 0.857. The summed E-state index contributed by atoms with van der Waals surface area (Å²) in [4.78, 5) is 32.1. The molecule has 0 aromatic carbocycles. The molecule has 0 aliphatic carbocycles. The van der Waals surface area contributed by atoms with E-state index in [0.717, 1.165) is 4.67 Å². The van der Waals surface area contributed by atoms with Crippen molar-refractivity contribution in [3.63, 3.8) is 0 Å². The average Bonchev–Trinajstić information content (AvgIpc) is 2.55. The van der Waals surface area contributed by atoms with Crippen LogP contribution in [0.2, 0.25) is 0 Å². The lowest BCUT2D eigenvalue weighted by atomic mass is 10.1. The van der Waals surface area contributed by atoms with Crippen molar-refractivity contribution in [2.75, 3.05) is 31.5 Å². The van der Waals surface area contributed by atoms with E-state index in [4.69, 9.17) is 41.9 Å². The summed E-state index contributed by atoms with van der Waals surface area (Å²) >= 11 is 14.6. The van der Waals surface area contributed by atoms with Crippen molar-refractivity contribution in [3.8, 4) is 0 Å². The van der Waals surface area contributed by atoms with Gasteiger partial charge in [0.2, 0.25) is 0 Å². The van der Waals surface area contributed by atoms with Gasteiger partial charge in [-0.1, -0.05) is 15.9 Å². The molecular weight excluding hydrogens is 492 g/mol. The number of halogens is 3. The minimum atomic E-state index is -4.26. The van der Waals surface area contributed by atoms with E-state index >= 15 is 0 Å². The van der Waals surface area contributed by atoms with Gasteiger partial charge in [-0.25, -0.2) is 9.24 Å². The zero-order chi connectivity index (χ0) is 20.6. The number of alkyl halides is 3. The van der Waals surface area contributed by atoms with E-state index in [1.54, 1.807) is 0 Å².